The van der Waals surface area contributed by atoms with Crippen molar-refractivity contribution in [1.82, 2.24) is 14.9 Å². The monoisotopic (exact) mass is 344 g/mol. The fraction of sp³-hybridized carbons (Fsp3) is 0.471. The van der Waals surface area contributed by atoms with Gasteiger partial charge in [-0.15, -0.1) is 0 Å². The predicted octanol–water partition coefficient (Wildman–Crippen LogP) is 0.678. The molecule has 0 atom stereocenters. The Morgan fingerprint density at radius 2 is 1.79 bits per heavy atom. The molecular formula is C17H24N4O2Si. The summed E-state index contributed by atoms with van der Waals surface area (Å²) in [6, 6.07) is 8.10. The van der Waals surface area contributed by atoms with E-state index in [1.165, 1.54) is 0 Å². The topological polar surface area (TPSA) is 58.6 Å². The van der Waals surface area contributed by atoms with Gasteiger partial charge in [0.2, 0.25) is 0 Å². The Hall–Kier alpha value is -2.15. The number of hydrogen-bond acceptors (Lipinski definition) is 5. The first-order valence-electron chi connectivity index (χ1n) is 8.30. The molecule has 2 aromatic rings. The molecule has 1 saturated heterocycles. The van der Waals surface area contributed by atoms with Crippen LogP contribution in [0.5, 0.6) is 0 Å². The van der Waals surface area contributed by atoms with Crippen molar-refractivity contribution in [2.24, 2.45) is 0 Å². The Morgan fingerprint density at radius 1 is 1.12 bits per heavy atom. The Kier molecular flexibility index (Phi) is 4.45. The van der Waals surface area contributed by atoms with Crippen LogP contribution in [0.3, 0.4) is 0 Å². The summed E-state index contributed by atoms with van der Waals surface area (Å²) in [5.74, 6) is 0.981. The van der Waals surface area contributed by atoms with Crippen molar-refractivity contribution >= 4 is 38.5 Å². The number of piperazine rings is 1. The van der Waals surface area contributed by atoms with E-state index < -0.39 is 5.60 Å². The van der Waals surface area contributed by atoms with Gasteiger partial charge in [0.15, 0.2) is 0 Å². The molecule has 0 N–H and O–H groups in total. The van der Waals surface area contributed by atoms with Crippen LogP contribution in [0.4, 0.5) is 10.6 Å². The minimum Gasteiger partial charge on any atom is -0.444 e. The molecule has 1 aliphatic heterocycles. The van der Waals surface area contributed by atoms with Crippen molar-refractivity contribution in [3.8, 4) is 0 Å². The molecule has 24 heavy (non-hydrogen) atoms. The zero-order valence-corrected chi connectivity index (χ0v) is 16.7. The maximum Gasteiger partial charge on any atom is 0.410 e. The number of aromatic nitrogens is 2. The van der Waals surface area contributed by atoms with E-state index in [-0.39, 0.29) is 6.09 Å². The number of ether oxygens (including phenoxy) is 1. The zero-order valence-electron chi connectivity index (χ0n) is 14.7. The molecule has 0 spiro atoms. The molecule has 1 aromatic heterocycles. The second-order valence-corrected chi connectivity index (χ2v) is 7.96. The number of carbonyl (C=O) groups is 1. The highest BCUT2D eigenvalue weighted by Crippen LogP contribution is 2.23. The van der Waals surface area contributed by atoms with E-state index in [2.05, 4.69) is 16.0 Å². The second kappa shape index (κ2) is 6.39. The van der Waals surface area contributed by atoms with E-state index in [0.29, 0.717) is 13.1 Å². The van der Waals surface area contributed by atoms with Crippen LogP contribution in [-0.4, -0.2) is 63.0 Å². The average Bonchev–Trinajstić information content (AvgIpc) is 2.52. The van der Waals surface area contributed by atoms with Gasteiger partial charge in [-0.2, -0.15) is 0 Å². The largest absolute Gasteiger partial charge is 0.444 e. The standard InChI is InChI=1S/C17H24N4O2Si/c1-17(2,3)23-16(22)21-10-8-20(9-11-21)14-12-6-4-5-7-13(12)18-15(24)19-14/h4-7H,8-11H2,1-3,24H3. The Balaban J connectivity index is 1.75. The third-order valence-corrected chi connectivity index (χ3v) is 4.37. The number of hydrogen-bond donors (Lipinski definition) is 0. The average molecular weight is 344 g/mol. The number of fused-ring (bicyclic) bond motifs is 1. The van der Waals surface area contributed by atoms with Crippen LogP contribution in [0.25, 0.3) is 10.9 Å². The molecule has 0 aliphatic carbocycles. The van der Waals surface area contributed by atoms with E-state index in [1.54, 1.807) is 4.90 Å². The molecular weight excluding hydrogens is 320 g/mol. The maximum absolute atomic E-state index is 12.2. The van der Waals surface area contributed by atoms with Crippen LogP contribution < -0.4 is 10.3 Å². The molecule has 6 nitrogen and oxygen atoms in total. The summed E-state index contributed by atoms with van der Waals surface area (Å²) in [6.45, 7) is 8.46. The minimum atomic E-state index is -0.460. The second-order valence-electron chi connectivity index (χ2n) is 7.07. The molecule has 7 heteroatoms. The van der Waals surface area contributed by atoms with Gasteiger partial charge in [-0.3, -0.25) is 0 Å². The third kappa shape index (κ3) is 3.67. The van der Waals surface area contributed by atoms with Gasteiger partial charge in [0.1, 0.15) is 11.4 Å². The van der Waals surface area contributed by atoms with Gasteiger partial charge in [0.05, 0.1) is 21.2 Å². The van der Waals surface area contributed by atoms with Crippen LogP contribution in [0.2, 0.25) is 0 Å². The SMILES string of the molecule is CC(C)(C)OC(=O)N1CCN(c2nc([SiH3])nc3ccccc23)CC1. The highest BCUT2D eigenvalue weighted by Gasteiger charge is 2.27. The van der Waals surface area contributed by atoms with E-state index >= 15 is 0 Å². The minimum absolute atomic E-state index is 0.238. The Morgan fingerprint density at radius 3 is 2.46 bits per heavy atom. The zero-order chi connectivity index (χ0) is 17.3. The number of nitrogens with zero attached hydrogens (tertiary/aromatic N) is 4. The molecule has 128 valence electrons. The van der Waals surface area contributed by atoms with Crippen molar-refractivity contribution in [2.75, 3.05) is 31.1 Å². The molecule has 0 bridgehead atoms. The molecule has 1 aromatic carbocycles. The summed E-state index contributed by atoms with van der Waals surface area (Å²) in [7, 11) is 0.817. The first-order chi connectivity index (χ1) is 11.3. The van der Waals surface area contributed by atoms with Crippen LogP contribution >= 0.6 is 0 Å². The molecule has 1 aliphatic rings. The lowest BCUT2D eigenvalue weighted by molar-refractivity contribution is 0.0240. The number of benzene rings is 1. The van der Waals surface area contributed by atoms with Crippen molar-refractivity contribution in [3.63, 3.8) is 0 Å². The predicted molar refractivity (Wildman–Crippen MR) is 99.1 cm³/mol. The van der Waals surface area contributed by atoms with E-state index in [9.17, 15) is 4.79 Å². The summed E-state index contributed by atoms with van der Waals surface area (Å²) in [4.78, 5) is 25.5. The van der Waals surface area contributed by atoms with Gasteiger partial charge < -0.3 is 14.5 Å². The molecule has 1 fully saturated rings. The fourth-order valence-corrected chi connectivity index (χ4v) is 3.29. The number of carbonyl (C=O) groups excluding carboxylic acids is 1. The van der Waals surface area contributed by atoms with Gasteiger partial charge in [0.25, 0.3) is 0 Å². The first kappa shape index (κ1) is 16.7. The van der Waals surface area contributed by atoms with E-state index in [4.69, 9.17) is 9.72 Å². The quantitative estimate of drug-likeness (QED) is 0.712. The summed E-state index contributed by atoms with van der Waals surface area (Å²) in [5.41, 5.74) is 1.43. The maximum atomic E-state index is 12.2. The van der Waals surface area contributed by atoms with Crippen molar-refractivity contribution in [1.29, 1.82) is 0 Å². The fourth-order valence-electron chi connectivity index (χ4n) is 2.84. The highest BCUT2D eigenvalue weighted by molar-refractivity contribution is 6.29. The van der Waals surface area contributed by atoms with Crippen LogP contribution in [-0.2, 0) is 4.74 Å². The van der Waals surface area contributed by atoms with E-state index in [0.717, 1.165) is 45.5 Å². The van der Waals surface area contributed by atoms with Gasteiger partial charge in [-0.1, -0.05) is 12.1 Å². The molecule has 3 rings (SSSR count). The molecule has 2 heterocycles. The van der Waals surface area contributed by atoms with Gasteiger partial charge >= 0.3 is 6.09 Å². The lowest BCUT2D eigenvalue weighted by atomic mass is 10.2. The normalized spacial score (nSPS) is 15.8. The number of amides is 1. The van der Waals surface area contributed by atoms with E-state index in [1.807, 2.05) is 39.0 Å². The number of para-hydroxylation sites is 1. The van der Waals surface area contributed by atoms with Crippen molar-refractivity contribution in [2.45, 2.75) is 26.4 Å². The number of anilines is 1. The van der Waals surface area contributed by atoms with Crippen LogP contribution in [0.15, 0.2) is 24.3 Å². The Labute approximate surface area is 145 Å². The molecule has 1 amide bonds. The number of rotatable bonds is 1. The molecule has 0 radical (unpaired) electrons. The molecule has 0 saturated carbocycles. The van der Waals surface area contributed by atoms with Crippen LogP contribution in [0, 0.1) is 0 Å². The summed E-state index contributed by atoms with van der Waals surface area (Å²) in [6.07, 6.45) is -0.238. The van der Waals surface area contributed by atoms with Crippen molar-refractivity contribution in [3.05, 3.63) is 24.3 Å². The summed E-state index contributed by atoms with van der Waals surface area (Å²) in [5, 5.41) is 1.07. The van der Waals surface area contributed by atoms with Crippen LogP contribution in [0.1, 0.15) is 20.8 Å². The molecule has 0 unspecified atom stereocenters. The summed E-state index contributed by atoms with van der Waals surface area (Å²) >= 11 is 0. The lowest BCUT2D eigenvalue weighted by Crippen LogP contribution is -2.50. The summed E-state index contributed by atoms with van der Waals surface area (Å²) < 4.78 is 5.46. The van der Waals surface area contributed by atoms with Gasteiger partial charge in [-0.25, -0.2) is 14.8 Å². The van der Waals surface area contributed by atoms with Gasteiger partial charge in [0, 0.05) is 31.6 Å². The third-order valence-electron chi connectivity index (χ3n) is 3.93. The first-order valence-corrected chi connectivity index (χ1v) is 9.30. The van der Waals surface area contributed by atoms with Crippen molar-refractivity contribution < 1.29 is 9.53 Å². The highest BCUT2D eigenvalue weighted by atomic mass is 28.1. The van der Waals surface area contributed by atoms with Gasteiger partial charge in [-0.05, 0) is 32.9 Å². The lowest BCUT2D eigenvalue weighted by Gasteiger charge is -2.36. The smallest absolute Gasteiger partial charge is 0.410 e. The Bertz CT molecular complexity index is 752.